The van der Waals surface area contributed by atoms with E-state index in [1.807, 2.05) is 4.90 Å². The van der Waals surface area contributed by atoms with Gasteiger partial charge in [0.2, 0.25) is 5.91 Å². The second kappa shape index (κ2) is 7.08. The van der Waals surface area contributed by atoms with Crippen LogP contribution in [-0.4, -0.2) is 70.8 Å². The van der Waals surface area contributed by atoms with E-state index in [9.17, 15) is 9.90 Å². The summed E-state index contributed by atoms with van der Waals surface area (Å²) < 4.78 is 5.80. The van der Waals surface area contributed by atoms with Crippen LogP contribution in [0.25, 0.3) is 0 Å². The molecule has 0 bridgehead atoms. The highest BCUT2D eigenvalue weighted by atomic mass is 16.5. The molecular formula is C18H32N2O3. The van der Waals surface area contributed by atoms with Crippen LogP contribution in [0.4, 0.5) is 0 Å². The summed E-state index contributed by atoms with van der Waals surface area (Å²) in [5, 5.41) is 10.5. The number of carbonyl (C=O) groups excluding carboxylic acids is 1. The Morgan fingerprint density at radius 1 is 1.17 bits per heavy atom. The van der Waals surface area contributed by atoms with Gasteiger partial charge in [-0.05, 0) is 39.5 Å². The van der Waals surface area contributed by atoms with Crippen LogP contribution in [-0.2, 0) is 9.53 Å². The first-order chi connectivity index (χ1) is 11.0. The Labute approximate surface area is 140 Å². The summed E-state index contributed by atoms with van der Waals surface area (Å²) in [4.78, 5) is 17.2. The van der Waals surface area contributed by atoms with E-state index in [0.717, 1.165) is 64.7 Å². The second-order valence-corrected chi connectivity index (χ2v) is 7.97. The molecule has 3 atom stereocenters. The molecule has 0 aromatic heterocycles. The van der Waals surface area contributed by atoms with Gasteiger partial charge in [-0.25, -0.2) is 0 Å². The molecule has 132 valence electrons. The first-order valence-corrected chi connectivity index (χ1v) is 9.35. The van der Waals surface area contributed by atoms with Crippen molar-refractivity contribution in [1.82, 2.24) is 9.80 Å². The number of amides is 1. The minimum absolute atomic E-state index is 0.159. The van der Waals surface area contributed by atoms with E-state index in [2.05, 4.69) is 18.7 Å². The van der Waals surface area contributed by atoms with Crippen LogP contribution in [0.1, 0.15) is 58.8 Å². The summed E-state index contributed by atoms with van der Waals surface area (Å²) >= 11 is 0. The Balaban J connectivity index is 1.55. The topological polar surface area (TPSA) is 53.0 Å². The van der Waals surface area contributed by atoms with Gasteiger partial charge < -0.3 is 14.7 Å². The van der Waals surface area contributed by atoms with Gasteiger partial charge in [-0.3, -0.25) is 9.69 Å². The van der Waals surface area contributed by atoms with Crippen molar-refractivity contribution in [2.24, 2.45) is 0 Å². The molecule has 3 fully saturated rings. The zero-order chi connectivity index (χ0) is 16.4. The monoisotopic (exact) mass is 324 g/mol. The molecule has 0 aromatic carbocycles. The molecule has 0 spiro atoms. The normalized spacial score (nSPS) is 34.9. The number of morpholine rings is 1. The molecule has 3 unspecified atom stereocenters. The minimum Gasteiger partial charge on any atom is -0.389 e. The lowest BCUT2D eigenvalue weighted by atomic mass is 9.97. The number of ether oxygens (including phenoxy) is 1. The third kappa shape index (κ3) is 4.25. The quantitative estimate of drug-likeness (QED) is 0.856. The first kappa shape index (κ1) is 17.2. The van der Waals surface area contributed by atoms with Crippen LogP contribution >= 0.6 is 0 Å². The van der Waals surface area contributed by atoms with Gasteiger partial charge in [0.05, 0.1) is 24.2 Å². The maximum absolute atomic E-state index is 12.7. The lowest BCUT2D eigenvalue weighted by molar-refractivity contribution is -0.138. The van der Waals surface area contributed by atoms with Crippen molar-refractivity contribution >= 4 is 5.91 Å². The van der Waals surface area contributed by atoms with Crippen molar-refractivity contribution in [3.63, 3.8) is 0 Å². The summed E-state index contributed by atoms with van der Waals surface area (Å²) in [6.45, 7) is 7.95. The Bertz CT molecular complexity index is 412. The van der Waals surface area contributed by atoms with Gasteiger partial charge in [-0.15, -0.1) is 0 Å². The van der Waals surface area contributed by atoms with E-state index in [-0.39, 0.29) is 18.1 Å². The van der Waals surface area contributed by atoms with E-state index >= 15 is 0 Å². The van der Waals surface area contributed by atoms with E-state index in [4.69, 9.17) is 4.74 Å². The van der Waals surface area contributed by atoms with Crippen LogP contribution in [0, 0.1) is 0 Å². The average Bonchev–Trinajstić information content (AvgIpc) is 3.07. The van der Waals surface area contributed by atoms with Gasteiger partial charge in [0.1, 0.15) is 0 Å². The molecule has 0 aromatic rings. The molecule has 5 nitrogen and oxygen atoms in total. The average molecular weight is 324 g/mol. The molecule has 5 heteroatoms. The summed E-state index contributed by atoms with van der Waals surface area (Å²) in [6.07, 6.45) is 6.71. The summed E-state index contributed by atoms with van der Waals surface area (Å²) in [5.41, 5.74) is -0.730. The van der Waals surface area contributed by atoms with Gasteiger partial charge in [-0.2, -0.15) is 0 Å². The van der Waals surface area contributed by atoms with Crippen molar-refractivity contribution in [1.29, 1.82) is 0 Å². The molecule has 3 aliphatic rings. The van der Waals surface area contributed by atoms with Crippen molar-refractivity contribution < 1.29 is 14.6 Å². The summed E-state index contributed by atoms with van der Waals surface area (Å²) in [7, 11) is 0. The number of carbonyl (C=O) groups is 1. The SMILES string of the molecule is CC1CN(CC2CCCN2C(=O)CC2(O)CCCC2)CC(C)O1. The third-order valence-electron chi connectivity index (χ3n) is 5.68. The molecule has 1 amide bonds. The molecule has 2 saturated heterocycles. The van der Waals surface area contributed by atoms with Crippen LogP contribution < -0.4 is 0 Å². The van der Waals surface area contributed by atoms with Crippen molar-refractivity contribution in [3.8, 4) is 0 Å². The molecule has 23 heavy (non-hydrogen) atoms. The molecule has 1 aliphatic carbocycles. The maximum Gasteiger partial charge on any atom is 0.225 e. The molecule has 3 rings (SSSR count). The third-order valence-corrected chi connectivity index (χ3v) is 5.68. The fourth-order valence-corrected chi connectivity index (χ4v) is 4.68. The number of nitrogens with zero attached hydrogens (tertiary/aromatic N) is 2. The smallest absolute Gasteiger partial charge is 0.225 e. The van der Waals surface area contributed by atoms with Crippen molar-refractivity contribution in [2.75, 3.05) is 26.2 Å². The number of likely N-dealkylation sites (tertiary alicyclic amines) is 1. The van der Waals surface area contributed by atoms with E-state index in [1.165, 1.54) is 0 Å². The van der Waals surface area contributed by atoms with Crippen molar-refractivity contribution in [2.45, 2.75) is 82.6 Å². The Morgan fingerprint density at radius 3 is 2.48 bits per heavy atom. The van der Waals surface area contributed by atoms with Gasteiger partial charge in [0.15, 0.2) is 0 Å². The Kier molecular flexibility index (Phi) is 5.29. The highest BCUT2D eigenvalue weighted by molar-refractivity contribution is 5.78. The van der Waals surface area contributed by atoms with Gasteiger partial charge in [0.25, 0.3) is 0 Å². The lowest BCUT2D eigenvalue weighted by Gasteiger charge is -2.38. The Morgan fingerprint density at radius 2 is 1.83 bits per heavy atom. The van der Waals surface area contributed by atoms with Crippen LogP contribution in [0.3, 0.4) is 0 Å². The van der Waals surface area contributed by atoms with Crippen molar-refractivity contribution in [3.05, 3.63) is 0 Å². The molecule has 1 saturated carbocycles. The highest BCUT2D eigenvalue weighted by Crippen LogP contribution is 2.34. The molecule has 0 radical (unpaired) electrons. The van der Waals surface area contributed by atoms with E-state index < -0.39 is 5.60 Å². The predicted octanol–water partition coefficient (Wildman–Crippen LogP) is 1.78. The largest absolute Gasteiger partial charge is 0.389 e. The van der Waals surface area contributed by atoms with Crippen LogP contribution in [0.15, 0.2) is 0 Å². The summed E-state index contributed by atoms with van der Waals surface area (Å²) in [5.74, 6) is 0.159. The zero-order valence-corrected chi connectivity index (χ0v) is 14.7. The number of hydrogen-bond acceptors (Lipinski definition) is 4. The number of aliphatic hydroxyl groups is 1. The molecule has 2 heterocycles. The second-order valence-electron chi connectivity index (χ2n) is 7.97. The summed E-state index contributed by atoms with van der Waals surface area (Å²) in [6, 6.07) is 0.310. The van der Waals surface area contributed by atoms with Gasteiger partial charge in [0, 0.05) is 32.2 Å². The van der Waals surface area contributed by atoms with Crippen LogP contribution in [0.5, 0.6) is 0 Å². The van der Waals surface area contributed by atoms with E-state index in [0.29, 0.717) is 12.5 Å². The standard InChI is InChI=1S/C18H32N2O3/c1-14-11-19(12-15(2)23-14)13-16-6-5-9-20(16)17(21)10-18(22)7-3-4-8-18/h14-16,22H,3-13H2,1-2H3. The maximum atomic E-state index is 12.7. The molecular weight excluding hydrogens is 292 g/mol. The van der Waals surface area contributed by atoms with Crippen LogP contribution in [0.2, 0.25) is 0 Å². The van der Waals surface area contributed by atoms with Gasteiger partial charge in [-0.1, -0.05) is 12.8 Å². The Hall–Kier alpha value is -0.650. The number of hydrogen-bond donors (Lipinski definition) is 1. The highest BCUT2D eigenvalue weighted by Gasteiger charge is 2.38. The van der Waals surface area contributed by atoms with Gasteiger partial charge >= 0.3 is 0 Å². The van der Waals surface area contributed by atoms with E-state index in [1.54, 1.807) is 0 Å². The lowest BCUT2D eigenvalue weighted by Crippen LogP contribution is -2.51. The minimum atomic E-state index is -0.730. The fourth-order valence-electron chi connectivity index (χ4n) is 4.68. The first-order valence-electron chi connectivity index (χ1n) is 9.35. The zero-order valence-electron chi connectivity index (χ0n) is 14.7. The molecule has 2 aliphatic heterocycles. The molecule has 1 N–H and O–H groups in total. The fraction of sp³-hybridized carbons (Fsp3) is 0.944. The predicted molar refractivity (Wildman–Crippen MR) is 89.2 cm³/mol. The number of rotatable bonds is 4.